The fraction of sp³-hybridized carbons (Fsp3) is 0.176. The van der Waals surface area contributed by atoms with E-state index in [9.17, 15) is 9.59 Å². The van der Waals surface area contributed by atoms with Crippen molar-refractivity contribution in [3.63, 3.8) is 0 Å². The number of Topliss-reactive ketones (excluding diaryl/α,β-unsaturated/α-hetero) is 2. The topological polar surface area (TPSA) is 34.1 Å². The number of aryl methyl sites for hydroxylation is 2. The van der Waals surface area contributed by atoms with Crippen molar-refractivity contribution in [2.45, 2.75) is 19.8 Å². The second-order valence-electron chi connectivity index (χ2n) is 5.16. The molecule has 0 heterocycles. The molecule has 0 fully saturated rings. The van der Waals surface area contributed by atoms with Gasteiger partial charge in [-0.3, -0.25) is 9.59 Å². The molecule has 0 atom stereocenters. The summed E-state index contributed by atoms with van der Waals surface area (Å²) in [6.45, 7) is 3.88. The molecule has 1 aliphatic rings. The molecule has 0 aliphatic heterocycles. The number of halogens is 1. The molecule has 0 bridgehead atoms. The minimum Gasteiger partial charge on any atom is -0.293 e. The number of ketones is 2. The van der Waals surface area contributed by atoms with E-state index in [2.05, 4.69) is 15.9 Å². The van der Waals surface area contributed by atoms with Crippen LogP contribution in [0.1, 0.15) is 43.3 Å². The molecule has 0 aromatic heterocycles. The molecule has 1 aliphatic carbocycles. The second kappa shape index (κ2) is 4.67. The van der Waals surface area contributed by atoms with Crippen molar-refractivity contribution >= 4 is 27.5 Å². The molecule has 3 heteroatoms. The van der Waals surface area contributed by atoms with Gasteiger partial charge < -0.3 is 0 Å². The van der Waals surface area contributed by atoms with Crippen molar-refractivity contribution in [2.75, 3.05) is 0 Å². The average Bonchev–Trinajstić information content (AvgIpc) is 2.64. The predicted octanol–water partition coefficient (Wildman–Crippen LogP) is 4.23. The fourth-order valence-corrected chi connectivity index (χ4v) is 3.67. The molecule has 100 valence electrons. The Balaban J connectivity index is 2.19. The van der Waals surface area contributed by atoms with E-state index in [-0.39, 0.29) is 11.6 Å². The molecule has 0 spiro atoms. The van der Waals surface area contributed by atoms with E-state index in [1.807, 2.05) is 26.0 Å². The molecule has 0 radical (unpaired) electrons. The Morgan fingerprint density at radius 1 is 0.900 bits per heavy atom. The Hall–Kier alpha value is -1.74. The molecule has 0 saturated carbocycles. The third-order valence-electron chi connectivity index (χ3n) is 3.83. The maximum Gasteiger partial charge on any atom is 0.178 e. The summed E-state index contributed by atoms with van der Waals surface area (Å²) in [7, 11) is 0. The zero-order valence-corrected chi connectivity index (χ0v) is 12.8. The first-order chi connectivity index (χ1) is 9.50. The molecule has 20 heavy (non-hydrogen) atoms. The van der Waals surface area contributed by atoms with Crippen LogP contribution in [0.3, 0.4) is 0 Å². The van der Waals surface area contributed by atoms with Crippen molar-refractivity contribution in [3.8, 4) is 0 Å². The van der Waals surface area contributed by atoms with Crippen molar-refractivity contribution in [1.82, 2.24) is 0 Å². The average molecular weight is 329 g/mol. The van der Waals surface area contributed by atoms with Crippen LogP contribution in [0.15, 0.2) is 40.9 Å². The summed E-state index contributed by atoms with van der Waals surface area (Å²) in [4.78, 5) is 25.1. The summed E-state index contributed by atoms with van der Waals surface area (Å²) in [6, 6.07) is 11.0. The minimum atomic E-state index is -0.680. The van der Waals surface area contributed by atoms with Crippen LogP contribution in [-0.4, -0.2) is 11.6 Å². The third kappa shape index (κ3) is 1.85. The zero-order valence-electron chi connectivity index (χ0n) is 11.2. The summed E-state index contributed by atoms with van der Waals surface area (Å²) in [6.07, 6.45) is 0. The fourth-order valence-electron chi connectivity index (χ4n) is 2.98. The van der Waals surface area contributed by atoms with Gasteiger partial charge in [0.05, 0.1) is 0 Å². The third-order valence-corrected chi connectivity index (χ3v) is 4.29. The smallest absolute Gasteiger partial charge is 0.178 e. The lowest BCUT2D eigenvalue weighted by Crippen LogP contribution is -2.15. The summed E-state index contributed by atoms with van der Waals surface area (Å²) >= 11 is 3.44. The molecule has 0 unspecified atom stereocenters. The van der Waals surface area contributed by atoms with Gasteiger partial charge >= 0.3 is 0 Å². The van der Waals surface area contributed by atoms with E-state index in [1.165, 1.54) is 0 Å². The van der Waals surface area contributed by atoms with E-state index >= 15 is 0 Å². The first-order valence-corrected chi connectivity index (χ1v) is 7.24. The van der Waals surface area contributed by atoms with Gasteiger partial charge in [-0.2, -0.15) is 0 Å². The number of carbonyl (C=O) groups excluding carboxylic acids is 2. The van der Waals surface area contributed by atoms with Gasteiger partial charge in [-0.25, -0.2) is 0 Å². The second-order valence-corrected chi connectivity index (χ2v) is 6.08. The molecule has 0 amide bonds. The van der Waals surface area contributed by atoms with Gasteiger partial charge in [-0.15, -0.1) is 0 Å². The summed E-state index contributed by atoms with van der Waals surface area (Å²) in [5.41, 5.74) is 3.88. The van der Waals surface area contributed by atoms with Gasteiger partial charge in [0.15, 0.2) is 11.6 Å². The molecular weight excluding hydrogens is 316 g/mol. The van der Waals surface area contributed by atoms with E-state index in [4.69, 9.17) is 0 Å². The number of benzene rings is 2. The largest absolute Gasteiger partial charge is 0.293 e. The van der Waals surface area contributed by atoms with E-state index in [0.717, 1.165) is 21.2 Å². The monoisotopic (exact) mass is 328 g/mol. The first kappa shape index (κ1) is 13.3. The van der Waals surface area contributed by atoms with Crippen molar-refractivity contribution < 1.29 is 9.59 Å². The quantitative estimate of drug-likeness (QED) is 0.734. The highest BCUT2D eigenvalue weighted by molar-refractivity contribution is 9.10. The van der Waals surface area contributed by atoms with Crippen LogP contribution < -0.4 is 0 Å². The maximum absolute atomic E-state index is 12.6. The number of rotatable bonds is 1. The number of hydrogen-bond donors (Lipinski definition) is 0. The number of fused-ring (bicyclic) bond motifs is 1. The van der Waals surface area contributed by atoms with Crippen molar-refractivity contribution in [3.05, 3.63) is 68.7 Å². The van der Waals surface area contributed by atoms with Crippen LogP contribution in [0.25, 0.3) is 0 Å². The maximum atomic E-state index is 12.6. The first-order valence-electron chi connectivity index (χ1n) is 6.45. The molecule has 2 aromatic carbocycles. The summed E-state index contributed by atoms with van der Waals surface area (Å²) in [5, 5.41) is 0. The highest BCUT2D eigenvalue weighted by Crippen LogP contribution is 2.37. The highest BCUT2D eigenvalue weighted by atomic mass is 79.9. The van der Waals surface area contributed by atoms with Crippen LogP contribution >= 0.6 is 15.9 Å². The lowest BCUT2D eigenvalue weighted by Gasteiger charge is -2.15. The van der Waals surface area contributed by atoms with E-state index < -0.39 is 5.92 Å². The molecule has 2 aromatic rings. The summed E-state index contributed by atoms with van der Waals surface area (Å²) in [5.74, 6) is -0.848. The van der Waals surface area contributed by atoms with Crippen LogP contribution in [0.5, 0.6) is 0 Å². The Morgan fingerprint density at radius 3 is 1.80 bits per heavy atom. The molecule has 2 nitrogen and oxygen atoms in total. The molecular formula is C17H13BrO2. The lowest BCUT2D eigenvalue weighted by atomic mass is 9.87. The molecule has 3 rings (SSSR count). The predicted molar refractivity (Wildman–Crippen MR) is 81.5 cm³/mol. The van der Waals surface area contributed by atoms with Crippen LogP contribution in [0, 0.1) is 13.8 Å². The van der Waals surface area contributed by atoms with Crippen LogP contribution in [0.4, 0.5) is 0 Å². The van der Waals surface area contributed by atoms with Gasteiger partial charge in [0.25, 0.3) is 0 Å². The van der Waals surface area contributed by atoms with E-state index in [0.29, 0.717) is 11.1 Å². The van der Waals surface area contributed by atoms with Gasteiger partial charge in [-0.1, -0.05) is 40.2 Å². The van der Waals surface area contributed by atoms with E-state index in [1.54, 1.807) is 24.3 Å². The summed E-state index contributed by atoms with van der Waals surface area (Å²) < 4.78 is 0.964. The zero-order chi connectivity index (χ0) is 14.4. The van der Waals surface area contributed by atoms with Gasteiger partial charge in [-0.05, 0) is 42.7 Å². The van der Waals surface area contributed by atoms with Gasteiger partial charge in [0.1, 0.15) is 5.92 Å². The molecule has 0 N–H and O–H groups in total. The van der Waals surface area contributed by atoms with Gasteiger partial charge in [0.2, 0.25) is 0 Å². The number of carbonyl (C=O) groups is 2. The highest BCUT2D eigenvalue weighted by Gasteiger charge is 2.40. The number of hydrogen-bond acceptors (Lipinski definition) is 2. The lowest BCUT2D eigenvalue weighted by molar-refractivity contribution is 0.0889. The van der Waals surface area contributed by atoms with Crippen molar-refractivity contribution in [2.24, 2.45) is 0 Å². The van der Waals surface area contributed by atoms with Crippen LogP contribution in [0.2, 0.25) is 0 Å². The van der Waals surface area contributed by atoms with Crippen molar-refractivity contribution in [1.29, 1.82) is 0 Å². The Bertz CT molecular complexity index is 688. The minimum absolute atomic E-state index is 0.0841. The Kier molecular flexibility index (Phi) is 3.09. The molecule has 0 saturated heterocycles. The SMILES string of the molecule is Cc1cc(Br)cc(C)c1C1C(=O)c2ccccc2C1=O. The Labute approximate surface area is 125 Å². The van der Waals surface area contributed by atoms with Crippen LogP contribution in [-0.2, 0) is 0 Å². The standard InChI is InChI=1S/C17H13BrO2/c1-9-7-11(18)8-10(2)14(9)15-16(19)12-5-3-4-6-13(12)17(15)20/h3-8,15H,1-2H3. The Morgan fingerprint density at radius 2 is 1.35 bits per heavy atom. The van der Waals surface area contributed by atoms with Gasteiger partial charge in [0, 0.05) is 15.6 Å². The normalized spacial score (nSPS) is 14.8.